The van der Waals surface area contributed by atoms with E-state index < -0.39 is 0 Å². The number of rotatable bonds is 2. The zero-order valence-electron chi connectivity index (χ0n) is 31.0. The van der Waals surface area contributed by atoms with Gasteiger partial charge in [-0.05, 0) is 41.1 Å². The molecule has 8 aromatic rings. The number of hydrogen-bond acceptors (Lipinski definition) is 2. The monoisotopic (exact) mass is 695 g/mol. The van der Waals surface area contributed by atoms with Crippen LogP contribution in [0.15, 0.2) is 33.3 Å². The number of nitrogens with zero attached hydrogens (tertiary/aromatic N) is 1. The third kappa shape index (κ3) is 5.39. The Morgan fingerprint density at radius 2 is 0.931 bits per heavy atom. The van der Waals surface area contributed by atoms with Gasteiger partial charge in [-0.25, -0.2) is 0 Å². The van der Waals surface area contributed by atoms with Crippen LogP contribution in [-0.4, -0.2) is 146 Å². The maximum atomic E-state index is 7.19. The lowest BCUT2D eigenvalue weighted by molar-refractivity contribution is 0.609. The molecule has 36 radical (unpaired) electrons. The molecule has 0 amide bonds. The molecule has 0 saturated carbocycles. The maximum Gasteiger partial charge on any atom is 0.156 e. The van der Waals surface area contributed by atoms with Crippen molar-refractivity contribution in [2.45, 2.75) is 6.92 Å². The summed E-state index contributed by atoms with van der Waals surface area (Å²) in [5.74, 6) is 0. The van der Waals surface area contributed by atoms with Crippen LogP contribution in [0, 0.1) is 6.92 Å². The first-order valence-electron chi connectivity index (χ1n) is 17.2. The van der Waals surface area contributed by atoms with E-state index in [4.69, 9.17) is 150 Å². The molecule has 0 aliphatic carbocycles. The van der Waals surface area contributed by atoms with Crippen molar-refractivity contribution in [3.8, 4) is 16.8 Å². The zero-order valence-corrected chi connectivity index (χ0v) is 31.0. The van der Waals surface area contributed by atoms with Crippen LogP contribution in [0.3, 0.4) is 0 Å². The molecule has 58 heavy (non-hydrogen) atoms. The van der Waals surface area contributed by atoms with Crippen molar-refractivity contribution in [1.82, 2.24) is 4.57 Å². The highest BCUT2D eigenvalue weighted by molar-refractivity contribution is 6.71. The van der Waals surface area contributed by atoms with E-state index in [0.29, 0.717) is 33.0 Å². The Labute approximate surface area is 359 Å². The zero-order chi connectivity index (χ0) is 42.3. The number of fused-ring (bicyclic) bond motifs is 7. The molecule has 0 fully saturated rings. The lowest BCUT2D eigenvalue weighted by Crippen LogP contribution is -2.48. The number of aryl methyl sites for hydroxylation is 1. The minimum Gasteiger partial charge on any atom is -0.463 e. The van der Waals surface area contributed by atoms with Gasteiger partial charge in [-0.3, -0.25) is 0 Å². The van der Waals surface area contributed by atoms with Crippen molar-refractivity contribution in [3.05, 3.63) is 30.0 Å². The van der Waals surface area contributed by atoms with Gasteiger partial charge in [0.25, 0.3) is 0 Å². The Kier molecular flexibility index (Phi) is 9.81. The minimum atomic E-state index is -0.0930. The second kappa shape index (κ2) is 14.0. The van der Waals surface area contributed by atoms with Crippen LogP contribution in [0.2, 0.25) is 0 Å². The normalized spacial score (nSPS) is 11.7. The predicted molar refractivity (Wildman–Crippen MR) is 263 cm³/mol. The summed E-state index contributed by atoms with van der Waals surface area (Å²) >= 11 is 0. The van der Waals surface area contributed by atoms with Crippen molar-refractivity contribution in [1.29, 1.82) is 0 Å². The molecule has 0 unspecified atom stereocenters. The quantitative estimate of drug-likeness (QED) is 0.169. The van der Waals surface area contributed by atoms with E-state index in [1.807, 2.05) is 0 Å². The lowest BCUT2D eigenvalue weighted by Gasteiger charge is -2.23. The molecule has 5 aromatic carbocycles. The molecule has 3 aromatic heterocycles. The second-order valence-corrected chi connectivity index (χ2v) is 14.1. The summed E-state index contributed by atoms with van der Waals surface area (Å²) in [5, 5.41) is 1.65. The predicted octanol–water partition coefficient (Wildman–Crippen LogP) is -11.2. The first kappa shape index (κ1) is 40.7. The number of hydrogen-bond donors (Lipinski definition) is 0. The fraction of sp³-hybridized carbons (Fsp3) is 0.0270. The first-order chi connectivity index (χ1) is 27.2. The van der Waals surface area contributed by atoms with Crippen LogP contribution in [0.25, 0.3) is 71.5 Å². The van der Waals surface area contributed by atoms with Gasteiger partial charge < -0.3 is 13.4 Å². The van der Waals surface area contributed by atoms with Gasteiger partial charge in [-0.15, -0.1) is 43.7 Å². The standard InChI is InChI=1S/C37H7B18NO2/c1-6-11-19(42)26(49)31(54)35(37(11)57-5-9(38)17(40)23(46)16(6)39)56-33-14(15-22(45)25(48)27(50)30(53)34(15)56)18(41)12(20(43)29(33)52)7-2-3-10-8(4-7)13-21(44)24(47)28(51)32(55)36(13)58-10/h2-5H,1H3. The van der Waals surface area contributed by atoms with Gasteiger partial charge in [0.15, 0.2) is 5.58 Å². The van der Waals surface area contributed by atoms with Gasteiger partial charge in [0.2, 0.25) is 0 Å². The van der Waals surface area contributed by atoms with Gasteiger partial charge in [-0.1, -0.05) is 60.7 Å². The number of benzene rings is 5. The van der Waals surface area contributed by atoms with E-state index in [9.17, 15) is 0 Å². The molecule has 21 heteroatoms. The highest BCUT2D eigenvalue weighted by atomic mass is 16.3. The van der Waals surface area contributed by atoms with Gasteiger partial charge in [0.1, 0.15) is 152 Å². The molecule has 0 aliphatic rings. The second-order valence-electron chi connectivity index (χ2n) is 14.1. The molecule has 0 N–H and O–H groups in total. The molecule has 0 atom stereocenters. The largest absolute Gasteiger partial charge is 0.463 e. The van der Waals surface area contributed by atoms with Crippen molar-refractivity contribution in [2.24, 2.45) is 0 Å². The first-order valence-corrected chi connectivity index (χ1v) is 17.2. The fourth-order valence-electron chi connectivity index (χ4n) is 7.79. The minimum absolute atomic E-state index is 0.00256. The van der Waals surface area contributed by atoms with Crippen molar-refractivity contribution >= 4 is 294 Å². The summed E-state index contributed by atoms with van der Waals surface area (Å²) in [4.78, 5) is 0. The summed E-state index contributed by atoms with van der Waals surface area (Å²) < 4.78 is 13.9. The summed E-state index contributed by atoms with van der Waals surface area (Å²) in [6.07, 6.45) is 1.14. The molecule has 0 bridgehead atoms. The molecular weight excluding hydrogens is 685 g/mol. The SMILES string of the molecule is [B]c1coc2c(-n3c4c([B])c([B])c([B])c([B])c4c4c([B])c(-c5ccc6oc7c([B])c([B])c([B])c([B])c7c6c5)c([B])c([B])c43)c([B])c([B])c([B])c2c(C)c([B])c([B])c1[B]. The Balaban J connectivity index is 1.62. The van der Waals surface area contributed by atoms with E-state index in [0.717, 1.165) is 6.26 Å². The average molecular weight is 692 g/mol. The molecule has 8 rings (SSSR count). The molecule has 3 heterocycles. The summed E-state index contributed by atoms with van der Waals surface area (Å²) in [7, 11) is 118. The fourth-order valence-corrected chi connectivity index (χ4v) is 7.79. The third-order valence-corrected chi connectivity index (χ3v) is 11.0. The van der Waals surface area contributed by atoms with Gasteiger partial charge in [-0.2, -0.15) is 0 Å². The topological polar surface area (TPSA) is 31.2 Å². The molecule has 0 spiro atoms. The van der Waals surface area contributed by atoms with Crippen molar-refractivity contribution in [2.75, 3.05) is 0 Å². The van der Waals surface area contributed by atoms with Gasteiger partial charge in [0, 0.05) is 32.6 Å². The Hall–Kier alpha value is -4.11. The van der Waals surface area contributed by atoms with Crippen LogP contribution in [0.4, 0.5) is 0 Å². The Morgan fingerprint density at radius 1 is 0.431 bits per heavy atom. The van der Waals surface area contributed by atoms with E-state index >= 15 is 0 Å². The average Bonchev–Trinajstić information content (AvgIpc) is 3.77. The highest BCUT2D eigenvalue weighted by Gasteiger charge is 2.27. The summed E-state index contributed by atoms with van der Waals surface area (Å²) in [5.41, 5.74) is 2.37. The van der Waals surface area contributed by atoms with Crippen LogP contribution < -0.4 is 98.3 Å². The summed E-state index contributed by atoms with van der Waals surface area (Å²) in [6.45, 7) is 1.63. The molecule has 0 saturated heterocycles. The molecular formula is C37H7B18NO2. The molecule has 226 valence electrons. The lowest BCUT2D eigenvalue weighted by atomic mass is 9.64. The molecule has 3 nitrogen and oxygen atoms in total. The van der Waals surface area contributed by atoms with Crippen LogP contribution in [0.5, 0.6) is 0 Å². The van der Waals surface area contributed by atoms with Crippen molar-refractivity contribution < 1.29 is 8.83 Å². The van der Waals surface area contributed by atoms with Crippen molar-refractivity contribution in [3.63, 3.8) is 0 Å². The van der Waals surface area contributed by atoms with E-state index in [1.54, 1.807) is 25.1 Å². The number of furan rings is 1. The van der Waals surface area contributed by atoms with E-state index in [-0.39, 0.29) is 142 Å². The Bertz CT molecular complexity index is 3290. The number of aromatic nitrogens is 1. The van der Waals surface area contributed by atoms with Crippen LogP contribution >= 0.6 is 0 Å². The molecule has 0 aliphatic heterocycles. The van der Waals surface area contributed by atoms with E-state index in [1.165, 1.54) is 4.57 Å². The summed E-state index contributed by atoms with van der Waals surface area (Å²) in [6, 6.07) is 5.16. The van der Waals surface area contributed by atoms with Crippen LogP contribution in [0.1, 0.15) is 5.56 Å². The van der Waals surface area contributed by atoms with Gasteiger partial charge in [0.05, 0.1) is 12.0 Å². The third-order valence-electron chi connectivity index (χ3n) is 11.0. The highest BCUT2D eigenvalue weighted by Crippen LogP contribution is 2.33. The van der Waals surface area contributed by atoms with Gasteiger partial charge >= 0.3 is 0 Å². The smallest absolute Gasteiger partial charge is 0.156 e. The van der Waals surface area contributed by atoms with E-state index in [2.05, 4.69) is 0 Å². The Morgan fingerprint density at radius 3 is 1.57 bits per heavy atom. The van der Waals surface area contributed by atoms with Crippen LogP contribution in [-0.2, 0) is 0 Å². The maximum absolute atomic E-state index is 7.19.